The Labute approximate surface area is 222 Å². The van der Waals surface area contributed by atoms with Crippen LogP contribution in [0.15, 0.2) is 58.2 Å². The van der Waals surface area contributed by atoms with Crippen molar-refractivity contribution >= 4 is 17.3 Å². The van der Waals surface area contributed by atoms with E-state index in [0.29, 0.717) is 6.42 Å². The highest BCUT2D eigenvalue weighted by molar-refractivity contribution is 6.31. The Bertz CT molecular complexity index is 1680. The number of rotatable bonds is 6. The number of carbonyl (C=O) groups excluding carboxylic acids is 3. The van der Waals surface area contributed by atoms with Crippen molar-refractivity contribution in [3.05, 3.63) is 92.0 Å². The van der Waals surface area contributed by atoms with E-state index in [4.69, 9.17) is 4.74 Å². The molecule has 39 heavy (non-hydrogen) atoms. The SMILES string of the molecule is CC(=O)c1c(O)c(C)c(O)c2c1OC1=CC(=O)/C(=C(/C)NC(Cc3ccccc3)c3n[nH]c(=O)[nH]3)C(=O)[C@]12C. The molecule has 2 heterocycles. The average molecular weight is 531 g/mol. The molecule has 11 heteroatoms. The number of hydrogen-bond acceptors (Lipinski definition) is 9. The molecule has 0 fully saturated rings. The predicted octanol–water partition coefficient (Wildman–Crippen LogP) is 2.55. The average Bonchev–Trinajstić information content (AvgIpc) is 3.44. The summed E-state index contributed by atoms with van der Waals surface area (Å²) >= 11 is 0. The number of phenols is 2. The molecular weight excluding hydrogens is 504 g/mol. The quantitative estimate of drug-likeness (QED) is 0.182. The first kappa shape index (κ1) is 25.7. The monoisotopic (exact) mass is 530 g/mol. The number of nitrogens with one attached hydrogen (secondary N) is 3. The van der Waals surface area contributed by atoms with Crippen molar-refractivity contribution in [1.82, 2.24) is 20.5 Å². The van der Waals surface area contributed by atoms with Crippen molar-refractivity contribution in [1.29, 1.82) is 0 Å². The number of fused-ring (bicyclic) bond motifs is 3. The molecule has 0 amide bonds. The number of ether oxygens (including phenoxy) is 1. The third kappa shape index (κ3) is 3.94. The van der Waals surface area contributed by atoms with E-state index in [0.717, 1.165) is 11.6 Å². The Morgan fingerprint density at radius 2 is 1.82 bits per heavy atom. The lowest BCUT2D eigenvalue weighted by atomic mass is 9.70. The molecule has 1 aliphatic carbocycles. The number of aromatic amines is 2. The number of aromatic nitrogens is 3. The van der Waals surface area contributed by atoms with Crippen LogP contribution in [0.4, 0.5) is 0 Å². The first-order chi connectivity index (χ1) is 18.4. The van der Waals surface area contributed by atoms with E-state index >= 15 is 0 Å². The minimum atomic E-state index is -1.64. The van der Waals surface area contributed by atoms with E-state index in [-0.39, 0.29) is 45.3 Å². The number of allylic oxidation sites excluding steroid dienone is 4. The molecule has 2 atom stereocenters. The van der Waals surface area contributed by atoms with Crippen LogP contribution in [0.3, 0.4) is 0 Å². The number of hydrogen-bond donors (Lipinski definition) is 5. The second-order valence-electron chi connectivity index (χ2n) is 9.84. The van der Waals surface area contributed by atoms with Gasteiger partial charge in [0.25, 0.3) is 0 Å². The van der Waals surface area contributed by atoms with Crippen molar-refractivity contribution in [3.8, 4) is 17.2 Å². The highest BCUT2D eigenvalue weighted by atomic mass is 16.5. The molecule has 5 rings (SSSR count). The summed E-state index contributed by atoms with van der Waals surface area (Å²) in [5.74, 6) is -2.59. The predicted molar refractivity (Wildman–Crippen MR) is 139 cm³/mol. The molecule has 2 aromatic carbocycles. The zero-order chi connectivity index (χ0) is 28.2. The Morgan fingerprint density at radius 3 is 2.44 bits per heavy atom. The second-order valence-corrected chi connectivity index (χ2v) is 9.84. The number of Topliss-reactive ketones (excluding diaryl/α,β-unsaturated/α-hetero) is 2. The fraction of sp³-hybridized carbons (Fsp3) is 0.250. The number of H-pyrrole nitrogens is 2. The van der Waals surface area contributed by atoms with Gasteiger partial charge in [0.05, 0.1) is 17.2 Å². The van der Waals surface area contributed by atoms with Crippen molar-refractivity contribution in [2.24, 2.45) is 0 Å². The molecular formula is C28H26N4O7. The van der Waals surface area contributed by atoms with Crippen molar-refractivity contribution in [2.75, 3.05) is 0 Å². The zero-order valence-electron chi connectivity index (χ0n) is 21.6. The van der Waals surface area contributed by atoms with E-state index < -0.39 is 46.0 Å². The Hall–Kier alpha value is -4.93. The van der Waals surface area contributed by atoms with Gasteiger partial charge in [-0.1, -0.05) is 30.3 Å². The molecule has 3 aromatic rings. The van der Waals surface area contributed by atoms with E-state index in [9.17, 15) is 29.4 Å². The fourth-order valence-electron chi connectivity index (χ4n) is 5.21. The summed E-state index contributed by atoms with van der Waals surface area (Å²) in [5.41, 5.74) is -1.33. The van der Waals surface area contributed by atoms with E-state index in [2.05, 4.69) is 20.5 Å². The summed E-state index contributed by atoms with van der Waals surface area (Å²) in [5, 5.41) is 31.1. The van der Waals surface area contributed by atoms with Crippen LogP contribution in [-0.2, 0) is 21.4 Å². The molecule has 2 aliphatic rings. The molecule has 200 valence electrons. The van der Waals surface area contributed by atoms with Gasteiger partial charge in [-0.15, -0.1) is 0 Å². The van der Waals surface area contributed by atoms with Gasteiger partial charge in [-0.25, -0.2) is 9.89 Å². The minimum Gasteiger partial charge on any atom is -0.507 e. The topological polar surface area (TPSA) is 174 Å². The highest BCUT2D eigenvalue weighted by Gasteiger charge is 2.56. The lowest BCUT2D eigenvalue weighted by Crippen LogP contribution is -2.41. The van der Waals surface area contributed by atoms with Gasteiger partial charge in [0.15, 0.2) is 23.2 Å². The van der Waals surface area contributed by atoms with Crippen LogP contribution in [0.2, 0.25) is 0 Å². The number of ketones is 3. The second kappa shape index (κ2) is 9.12. The maximum atomic E-state index is 14.1. The molecule has 0 saturated heterocycles. The van der Waals surface area contributed by atoms with Gasteiger partial charge in [0, 0.05) is 17.3 Å². The molecule has 0 saturated carbocycles. The lowest BCUT2D eigenvalue weighted by molar-refractivity contribution is -0.123. The maximum Gasteiger partial charge on any atom is 0.340 e. The lowest BCUT2D eigenvalue weighted by Gasteiger charge is -2.29. The van der Waals surface area contributed by atoms with Gasteiger partial charge in [-0.2, -0.15) is 5.10 Å². The zero-order valence-corrected chi connectivity index (χ0v) is 21.6. The van der Waals surface area contributed by atoms with Crippen molar-refractivity contribution in [2.45, 2.75) is 45.6 Å². The first-order valence-corrected chi connectivity index (χ1v) is 12.2. The van der Waals surface area contributed by atoms with Crippen LogP contribution in [0.25, 0.3) is 0 Å². The molecule has 11 nitrogen and oxygen atoms in total. The molecule has 0 spiro atoms. The smallest absolute Gasteiger partial charge is 0.340 e. The summed E-state index contributed by atoms with van der Waals surface area (Å²) in [7, 11) is 0. The van der Waals surface area contributed by atoms with Crippen molar-refractivity contribution < 1.29 is 29.3 Å². The fourth-order valence-corrected chi connectivity index (χ4v) is 5.21. The van der Waals surface area contributed by atoms with Gasteiger partial charge in [0.1, 0.15) is 34.0 Å². The number of carbonyl (C=O) groups is 3. The summed E-state index contributed by atoms with van der Waals surface area (Å²) in [6.07, 6.45) is 1.53. The van der Waals surface area contributed by atoms with Gasteiger partial charge >= 0.3 is 5.69 Å². The largest absolute Gasteiger partial charge is 0.507 e. The summed E-state index contributed by atoms with van der Waals surface area (Å²) in [6, 6.07) is 8.79. The normalized spacial score (nSPS) is 20.1. The van der Waals surface area contributed by atoms with Crippen molar-refractivity contribution in [3.63, 3.8) is 0 Å². The standard InChI is InChI=1S/C28H26N4O7/c1-12-22(35)20(14(3)33)24-21(23(12)36)28(4)18(39-24)11-17(34)19(25(28)37)13(2)29-16(26-30-27(38)32-31-26)10-15-8-6-5-7-9-15/h5-9,11,16,29,35-36H,10H2,1-4H3,(H2,30,31,32,38)/b19-13+/t16?,28-/m1/s1. The Kier molecular flexibility index (Phi) is 6.01. The molecule has 0 radical (unpaired) electrons. The summed E-state index contributed by atoms with van der Waals surface area (Å²) < 4.78 is 5.81. The Balaban J connectivity index is 1.61. The Morgan fingerprint density at radius 1 is 1.13 bits per heavy atom. The molecule has 5 N–H and O–H groups in total. The number of aromatic hydroxyl groups is 2. The van der Waals surface area contributed by atoms with Crippen LogP contribution < -0.4 is 15.7 Å². The van der Waals surface area contributed by atoms with Crippen LogP contribution >= 0.6 is 0 Å². The van der Waals surface area contributed by atoms with Crippen LogP contribution in [0, 0.1) is 6.92 Å². The minimum absolute atomic E-state index is 0.00881. The van der Waals surface area contributed by atoms with Gasteiger partial charge < -0.3 is 20.3 Å². The van der Waals surface area contributed by atoms with E-state index in [1.807, 2.05) is 30.3 Å². The highest BCUT2D eigenvalue weighted by Crippen LogP contribution is 2.57. The van der Waals surface area contributed by atoms with Gasteiger partial charge in [-0.3, -0.25) is 19.4 Å². The summed E-state index contributed by atoms with van der Waals surface area (Å²) in [4.78, 5) is 54.1. The first-order valence-electron chi connectivity index (χ1n) is 12.2. The third-order valence-electron chi connectivity index (χ3n) is 7.28. The molecule has 1 aliphatic heterocycles. The molecule has 1 unspecified atom stereocenters. The van der Waals surface area contributed by atoms with E-state index in [1.165, 1.54) is 20.8 Å². The summed E-state index contributed by atoms with van der Waals surface area (Å²) in [6.45, 7) is 5.71. The number of benzene rings is 2. The van der Waals surface area contributed by atoms with Crippen LogP contribution in [0.1, 0.15) is 59.7 Å². The third-order valence-corrected chi connectivity index (χ3v) is 7.28. The van der Waals surface area contributed by atoms with Gasteiger partial charge in [0.2, 0.25) is 0 Å². The molecule has 1 aromatic heterocycles. The molecule has 0 bridgehead atoms. The number of nitrogens with zero attached hydrogens (tertiary/aromatic N) is 1. The van der Waals surface area contributed by atoms with Crippen LogP contribution in [0.5, 0.6) is 17.2 Å². The maximum absolute atomic E-state index is 14.1. The van der Waals surface area contributed by atoms with Crippen LogP contribution in [-0.4, -0.2) is 42.7 Å². The van der Waals surface area contributed by atoms with E-state index in [1.54, 1.807) is 6.92 Å². The van der Waals surface area contributed by atoms with Gasteiger partial charge in [-0.05, 0) is 39.7 Å². The number of phenolic OH excluding ortho intramolecular Hbond substituents is 2.